The van der Waals surface area contributed by atoms with Crippen LogP contribution in [-0.2, 0) is 6.42 Å². The molecular formula is C18H23N3. The van der Waals surface area contributed by atoms with Gasteiger partial charge in [0.25, 0.3) is 0 Å². The number of aromatic nitrogens is 1. The zero-order valence-electron chi connectivity index (χ0n) is 12.8. The molecule has 0 saturated carbocycles. The van der Waals surface area contributed by atoms with Crippen LogP contribution in [0.2, 0.25) is 0 Å². The number of benzene rings is 1. The lowest BCUT2D eigenvalue weighted by atomic mass is 10.0. The molecule has 3 heteroatoms. The van der Waals surface area contributed by atoms with Gasteiger partial charge in [-0.05, 0) is 44.0 Å². The second-order valence-corrected chi connectivity index (χ2v) is 5.58. The zero-order valence-corrected chi connectivity index (χ0v) is 12.8. The van der Waals surface area contributed by atoms with E-state index in [9.17, 15) is 0 Å². The van der Waals surface area contributed by atoms with Crippen molar-refractivity contribution in [2.75, 3.05) is 18.0 Å². The van der Waals surface area contributed by atoms with Crippen LogP contribution in [0.1, 0.15) is 37.4 Å². The largest absolute Gasteiger partial charge is 0.326 e. The van der Waals surface area contributed by atoms with Gasteiger partial charge >= 0.3 is 0 Å². The lowest BCUT2D eigenvalue weighted by molar-refractivity contribution is 0.594. The molecule has 1 aliphatic rings. The highest BCUT2D eigenvalue weighted by Crippen LogP contribution is 2.35. The Morgan fingerprint density at radius 2 is 2.10 bits per heavy atom. The average molecular weight is 281 g/mol. The summed E-state index contributed by atoms with van der Waals surface area (Å²) in [4.78, 5) is 7.07. The monoisotopic (exact) mass is 281 g/mol. The van der Waals surface area contributed by atoms with Crippen molar-refractivity contribution in [3.05, 3.63) is 53.7 Å². The van der Waals surface area contributed by atoms with Crippen LogP contribution in [0, 0.1) is 0 Å². The highest BCUT2D eigenvalue weighted by Gasteiger charge is 2.22. The van der Waals surface area contributed by atoms with Crippen molar-refractivity contribution in [1.29, 1.82) is 0 Å². The second kappa shape index (κ2) is 6.27. The van der Waals surface area contributed by atoms with E-state index in [4.69, 9.17) is 4.98 Å². The maximum absolute atomic E-state index is 4.69. The highest BCUT2D eigenvalue weighted by molar-refractivity contribution is 5.67. The number of hydrogen-bond donors (Lipinski definition) is 1. The molecule has 1 unspecified atom stereocenters. The molecule has 1 aromatic carbocycles. The van der Waals surface area contributed by atoms with Gasteiger partial charge in [0.2, 0.25) is 0 Å². The van der Waals surface area contributed by atoms with Crippen LogP contribution in [0.25, 0.3) is 0 Å². The molecule has 2 heterocycles. The van der Waals surface area contributed by atoms with Crippen molar-refractivity contribution in [2.45, 2.75) is 32.7 Å². The van der Waals surface area contributed by atoms with Gasteiger partial charge in [0.05, 0.1) is 0 Å². The molecule has 3 nitrogen and oxygen atoms in total. The number of anilines is 2. The molecule has 1 N–H and O–H groups in total. The number of hydrogen-bond acceptors (Lipinski definition) is 3. The van der Waals surface area contributed by atoms with Crippen LogP contribution in [0.3, 0.4) is 0 Å². The summed E-state index contributed by atoms with van der Waals surface area (Å²) < 4.78 is 0. The van der Waals surface area contributed by atoms with Crippen LogP contribution in [0.15, 0.2) is 42.6 Å². The third-order valence-electron chi connectivity index (χ3n) is 4.16. The molecule has 0 radical (unpaired) electrons. The first-order valence-corrected chi connectivity index (χ1v) is 7.85. The Bertz CT molecular complexity index is 609. The van der Waals surface area contributed by atoms with E-state index in [2.05, 4.69) is 54.4 Å². The van der Waals surface area contributed by atoms with Crippen LogP contribution < -0.4 is 10.2 Å². The molecule has 2 aromatic rings. The molecule has 0 bridgehead atoms. The van der Waals surface area contributed by atoms with Gasteiger partial charge in [-0.1, -0.05) is 31.2 Å². The Morgan fingerprint density at radius 1 is 1.24 bits per heavy atom. The minimum Gasteiger partial charge on any atom is -0.326 e. The third-order valence-corrected chi connectivity index (χ3v) is 4.16. The predicted molar refractivity (Wildman–Crippen MR) is 88.1 cm³/mol. The van der Waals surface area contributed by atoms with E-state index in [0.29, 0.717) is 6.04 Å². The van der Waals surface area contributed by atoms with Crippen molar-refractivity contribution in [3.63, 3.8) is 0 Å². The fourth-order valence-electron chi connectivity index (χ4n) is 3.14. The van der Waals surface area contributed by atoms with Gasteiger partial charge in [-0.3, -0.25) is 0 Å². The van der Waals surface area contributed by atoms with Crippen molar-refractivity contribution >= 4 is 11.5 Å². The molecule has 0 amide bonds. The molecule has 21 heavy (non-hydrogen) atoms. The third kappa shape index (κ3) is 2.79. The van der Waals surface area contributed by atoms with E-state index in [-0.39, 0.29) is 0 Å². The lowest BCUT2D eigenvalue weighted by Gasteiger charge is -2.32. The predicted octanol–water partition coefficient (Wildman–Crippen LogP) is 3.84. The maximum Gasteiger partial charge on any atom is 0.137 e. The van der Waals surface area contributed by atoms with Gasteiger partial charge in [0.15, 0.2) is 0 Å². The summed E-state index contributed by atoms with van der Waals surface area (Å²) in [6, 6.07) is 13.2. The Kier molecular flexibility index (Phi) is 4.20. The van der Waals surface area contributed by atoms with Crippen molar-refractivity contribution < 1.29 is 0 Å². The normalized spacial score (nSPS) is 15.6. The molecule has 3 rings (SSSR count). The fraction of sp³-hybridized carbons (Fsp3) is 0.389. The van der Waals surface area contributed by atoms with Gasteiger partial charge in [-0.25, -0.2) is 4.98 Å². The van der Waals surface area contributed by atoms with Crippen molar-refractivity contribution in [2.24, 2.45) is 0 Å². The highest BCUT2D eigenvalue weighted by atomic mass is 15.2. The topological polar surface area (TPSA) is 28.2 Å². The molecule has 110 valence electrons. The van der Waals surface area contributed by atoms with Gasteiger partial charge in [0, 0.05) is 30.0 Å². The number of pyridine rings is 1. The SMILES string of the molecule is CCNC(C)c1cccnc1N1CCCc2ccccc21. The average Bonchev–Trinajstić information content (AvgIpc) is 2.54. The Balaban J connectivity index is 2.02. The molecular weight excluding hydrogens is 258 g/mol. The van der Waals surface area contributed by atoms with E-state index >= 15 is 0 Å². The second-order valence-electron chi connectivity index (χ2n) is 5.58. The minimum atomic E-state index is 0.313. The first-order chi connectivity index (χ1) is 10.3. The summed E-state index contributed by atoms with van der Waals surface area (Å²) in [6.45, 7) is 6.36. The van der Waals surface area contributed by atoms with Crippen LogP contribution in [-0.4, -0.2) is 18.1 Å². The van der Waals surface area contributed by atoms with Crippen molar-refractivity contribution in [3.8, 4) is 0 Å². The Labute approximate surface area is 127 Å². The van der Waals surface area contributed by atoms with E-state index in [1.54, 1.807) is 0 Å². The summed E-state index contributed by atoms with van der Waals surface area (Å²) in [6.07, 6.45) is 4.24. The van der Waals surface area contributed by atoms with Gasteiger partial charge in [0.1, 0.15) is 5.82 Å². The van der Waals surface area contributed by atoms with Gasteiger partial charge in [-0.15, -0.1) is 0 Å². The number of nitrogens with zero attached hydrogens (tertiary/aromatic N) is 2. The van der Waals surface area contributed by atoms with E-state index in [0.717, 1.165) is 25.3 Å². The number of para-hydroxylation sites is 1. The zero-order chi connectivity index (χ0) is 14.7. The Hall–Kier alpha value is -1.87. The number of nitrogens with one attached hydrogen (secondary N) is 1. The standard InChI is InChI=1S/C18H23N3/c1-3-19-14(2)16-10-6-12-20-18(16)21-13-7-9-15-8-4-5-11-17(15)21/h4-6,8,10-12,14,19H,3,7,9,13H2,1-2H3. The molecule has 1 aromatic heterocycles. The van der Waals surface area contributed by atoms with E-state index in [1.165, 1.54) is 23.2 Å². The molecule has 0 saturated heterocycles. The first-order valence-electron chi connectivity index (χ1n) is 7.85. The minimum absolute atomic E-state index is 0.313. The summed E-state index contributed by atoms with van der Waals surface area (Å²) in [7, 11) is 0. The smallest absolute Gasteiger partial charge is 0.137 e. The van der Waals surface area contributed by atoms with E-state index in [1.807, 2.05) is 12.3 Å². The molecule has 1 aliphatic heterocycles. The molecule has 0 aliphatic carbocycles. The van der Waals surface area contributed by atoms with Crippen LogP contribution in [0.4, 0.5) is 11.5 Å². The number of aryl methyl sites for hydroxylation is 1. The Morgan fingerprint density at radius 3 is 2.95 bits per heavy atom. The lowest BCUT2D eigenvalue weighted by Crippen LogP contribution is -2.28. The van der Waals surface area contributed by atoms with Crippen LogP contribution >= 0.6 is 0 Å². The summed E-state index contributed by atoms with van der Waals surface area (Å²) >= 11 is 0. The first kappa shape index (κ1) is 14.1. The quantitative estimate of drug-likeness (QED) is 0.923. The molecule has 1 atom stereocenters. The van der Waals surface area contributed by atoms with Gasteiger partial charge in [-0.2, -0.15) is 0 Å². The summed E-state index contributed by atoms with van der Waals surface area (Å²) in [5.74, 6) is 1.10. The van der Waals surface area contributed by atoms with E-state index < -0.39 is 0 Å². The number of rotatable bonds is 4. The fourth-order valence-corrected chi connectivity index (χ4v) is 3.14. The summed E-state index contributed by atoms with van der Waals surface area (Å²) in [5.41, 5.74) is 4.01. The summed E-state index contributed by atoms with van der Waals surface area (Å²) in [5, 5.41) is 3.50. The maximum atomic E-state index is 4.69. The number of fused-ring (bicyclic) bond motifs is 1. The van der Waals surface area contributed by atoms with Crippen molar-refractivity contribution in [1.82, 2.24) is 10.3 Å². The van der Waals surface area contributed by atoms with Gasteiger partial charge < -0.3 is 10.2 Å². The molecule has 0 spiro atoms. The molecule has 0 fully saturated rings. The van der Waals surface area contributed by atoms with Crippen LogP contribution in [0.5, 0.6) is 0 Å².